The molecule has 2 aliphatic heterocycles. The van der Waals surface area contributed by atoms with E-state index < -0.39 is 40.4 Å². The molecule has 238 valence electrons. The van der Waals surface area contributed by atoms with Crippen LogP contribution in [0, 0.1) is 11.7 Å². The van der Waals surface area contributed by atoms with Crippen molar-refractivity contribution in [3.05, 3.63) is 83.4 Å². The number of ether oxygens (including phenoxy) is 3. The van der Waals surface area contributed by atoms with E-state index in [2.05, 4.69) is 10.4 Å². The Hall–Kier alpha value is -5.03. The molecule has 0 bridgehead atoms. The van der Waals surface area contributed by atoms with Crippen LogP contribution < -0.4 is 19.5 Å². The van der Waals surface area contributed by atoms with Crippen LogP contribution in [0.3, 0.4) is 0 Å². The predicted molar refractivity (Wildman–Crippen MR) is 167 cm³/mol. The zero-order valence-corrected chi connectivity index (χ0v) is 25.8. The molecule has 46 heavy (non-hydrogen) atoms. The Kier molecular flexibility index (Phi) is 8.35. The third-order valence-electron chi connectivity index (χ3n) is 8.53. The van der Waals surface area contributed by atoms with Gasteiger partial charge in [0.25, 0.3) is 0 Å². The Morgan fingerprint density at radius 3 is 2.28 bits per heavy atom. The second-order valence-corrected chi connectivity index (χ2v) is 11.4. The SMILES string of the molecule is CCOc1cc(C(=O)[C@@H]2C(=O)c3cc(-c4ccc(F)c(C(=O)O)c4)ccc3OC23CCNCC3)cc(OCC)c1-c1cnn(C)c1. The molecule has 0 radical (unpaired) electrons. The first-order valence-corrected chi connectivity index (χ1v) is 15.2. The number of fused-ring (bicyclic) bond motifs is 1. The van der Waals surface area contributed by atoms with Gasteiger partial charge in [0.05, 0.1) is 36.1 Å². The molecule has 6 rings (SSSR count). The number of aromatic nitrogens is 2. The maximum atomic E-state index is 14.6. The van der Waals surface area contributed by atoms with Gasteiger partial charge < -0.3 is 24.6 Å². The van der Waals surface area contributed by atoms with Crippen molar-refractivity contribution in [2.75, 3.05) is 26.3 Å². The summed E-state index contributed by atoms with van der Waals surface area (Å²) in [4.78, 5) is 40.7. The van der Waals surface area contributed by atoms with Gasteiger partial charge in [0.1, 0.15) is 34.6 Å². The molecule has 1 spiro atoms. The van der Waals surface area contributed by atoms with Crippen LogP contribution in [0.4, 0.5) is 4.39 Å². The first-order chi connectivity index (χ1) is 22.2. The van der Waals surface area contributed by atoms with Gasteiger partial charge in [-0.05, 0) is 74.5 Å². The number of ketones is 2. The fourth-order valence-electron chi connectivity index (χ4n) is 6.40. The summed E-state index contributed by atoms with van der Waals surface area (Å²) in [5, 5.41) is 17.0. The largest absolute Gasteiger partial charge is 0.493 e. The highest BCUT2D eigenvalue weighted by molar-refractivity contribution is 6.19. The summed E-state index contributed by atoms with van der Waals surface area (Å²) >= 11 is 0. The van der Waals surface area contributed by atoms with Crippen LogP contribution in [-0.4, -0.2) is 64.3 Å². The van der Waals surface area contributed by atoms with Crippen LogP contribution in [0.2, 0.25) is 0 Å². The number of halogens is 1. The monoisotopic (exact) mass is 627 g/mol. The molecule has 0 unspecified atom stereocenters. The van der Waals surface area contributed by atoms with Gasteiger partial charge in [0.15, 0.2) is 11.6 Å². The van der Waals surface area contributed by atoms with Crippen molar-refractivity contribution in [1.29, 1.82) is 0 Å². The number of hydrogen-bond donors (Lipinski definition) is 2. The molecule has 3 aromatic carbocycles. The molecular formula is C35H34FN3O7. The lowest BCUT2D eigenvalue weighted by Crippen LogP contribution is -2.58. The Balaban J connectivity index is 1.46. The van der Waals surface area contributed by atoms with Crippen molar-refractivity contribution >= 4 is 17.5 Å². The molecule has 11 heteroatoms. The van der Waals surface area contributed by atoms with Crippen molar-refractivity contribution in [1.82, 2.24) is 15.1 Å². The van der Waals surface area contributed by atoms with Crippen LogP contribution in [0.1, 0.15) is 57.8 Å². The van der Waals surface area contributed by atoms with Crippen LogP contribution in [0.5, 0.6) is 17.2 Å². The van der Waals surface area contributed by atoms with Crippen molar-refractivity contribution in [2.45, 2.75) is 32.3 Å². The van der Waals surface area contributed by atoms with E-state index >= 15 is 0 Å². The zero-order chi connectivity index (χ0) is 32.6. The van der Waals surface area contributed by atoms with Crippen molar-refractivity contribution < 1.29 is 38.1 Å². The number of piperidine rings is 1. The first kappa shape index (κ1) is 31.0. The number of nitrogens with zero attached hydrogens (tertiary/aromatic N) is 2. The Morgan fingerprint density at radius 1 is 1.02 bits per heavy atom. The van der Waals surface area contributed by atoms with E-state index in [1.807, 2.05) is 20.0 Å². The minimum Gasteiger partial charge on any atom is -0.493 e. The number of hydrogen-bond acceptors (Lipinski definition) is 8. The van der Waals surface area contributed by atoms with Gasteiger partial charge in [-0.25, -0.2) is 9.18 Å². The van der Waals surface area contributed by atoms with Gasteiger partial charge in [-0.3, -0.25) is 14.3 Å². The van der Waals surface area contributed by atoms with E-state index in [4.69, 9.17) is 14.2 Å². The van der Waals surface area contributed by atoms with E-state index in [0.717, 1.165) is 11.6 Å². The highest BCUT2D eigenvalue weighted by Gasteiger charge is 2.54. The molecule has 4 aromatic rings. The summed E-state index contributed by atoms with van der Waals surface area (Å²) in [5.41, 5.74) is 1.20. The molecule has 0 aliphatic carbocycles. The van der Waals surface area contributed by atoms with Gasteiger partial charge in [0, 0.05) is 37.2 Å². The second kappa shape index (κ2) is 12.4. The highest BCUT2D eigenvalue weighted by atomic mass is 19.1. The quantitative estimate of drug-likeness (QED) is 0.180. The Bertz CT molecular complexity index is 1820. The fourth-order valence-corrected chi connectivity index (χ4v) is 6.40. The summed E-state index contributed by atoms with van der Waals surface area (Å²) in [5.74, 6) is -3.05. The lowest BCUT2D eigenvalue weighted by Gasteiger charge is -2.45. The van der Waals surface area contributed by atoms with Gasteiger partial charge in [-0.1, -0.05) is 12.1 Å². The van der Waals surface area contributed by atoms with Crippen molar-refractivity contribution in [2.24, 2.45) is 13.0 Å². The normalized spacial score (nSPS) is 16.9. The minimum absolute atomic E-state index is 0.197. The topological polar surface area (TPSA) is 129 Å². The zero-order valence-electron chi connectivity index (χ0n) is 25.8. The van der Waals surface area contributed by atoms with Crippen LogP contribution in [-0.2, 0) is 7.05 Å². The predicted octanol–water partition coefficient (Wildman–Crippen LogP) is 5.59. The number of Topliss-reactive ketones (excluding diaryl/α,β-unsaturated/α-hetero) is 2. The number of carboxylic acids is 1. The highest BCUT2D eigenvalue weighted by Crippen LogP contribution is 2.46. The first-order valence-electron chi connectivity index (χ1n) is 15.2. The fraction of sp³-hybridized carbons (Fsp3) is 0.314. The average Bonchev–Trinajstić information content (AvgIpc) is 3.47. The number of aryl methyl sites for hydroxylation is 1. The number of aromatic carboxylic acids is 1. The van der Waals surface area contributed by atoms with Crippen molar-refractivity contribution in [3.8, 4) is 39.5 Å². The number of benzene rings is 3. The Morgan fingerprint density at radius 2 is 1.67 bits per heavy atom. The van der Waals surface area contributed by atoms with E-state index in [0.29, 0.717) is 73.1 Å². The van der Waals surface area contributed by atoms with Crippen LogP contribution >= 0.6 is 0 Å². The molecule has 2 aliphatic rings. The molecule has 1 fully saturated rings. The molecule has 3 heterocycles. The maximum absolute atomic E-state index is 14.6. The molecule has 10 nitrogen and oxygen atoms in total. The number of carbonyl (C=O) groups excluding carboxylic acids is 2. The summed E-state index contributed by atoms with van der Waals surface area (Å²) in [6.07, 6.45) is 4.39. The smallest absolute Gasteiger partial charge is 0.338 e. The standard InChI is InChI=1S/C35H34FN3O7/c1-4-44-28-16-22(17-29(45-5-2)30(28)23-18-38-39(3)19-23)32(40)31-33(41)25-15-21(20-6-8-26(36)24(14-20)34(42)43)7-9-27(25)46-35(31)10-12-37-13-11-35/h6-9,14-19,31,37H,4-5,10-13H2,1-3H3,(H,42,43)/t31-/m1/s1. The van der Waals surface area contributed by atoms with Gasteiger partial charge in [-0.2, -0.15) is 5.10 Å². The number of nitrogens with one attached hydrogen (secondary N) is 1. The third-order valence-corrected chi connectivity index (χ3v) is 8.53. The molecule has 1 saturated heterocycles. The minimum atomic E-state index is -1.40. The average molecular weight is 628 g/mol. The molecule has 0 saturated carbocycles. The van der Waals surface area contributed by atoms with E-state index in [-0.39, 0.29) is 11.1 Å². The number of carboxylic acid groups (broad SMARTS) is 1. The summed E-state index contributed by atoms with van der Waals surface area (Å²) in [7, 11) is 1.81. The van der Waals surface area contributed by atoms with Gasteiger partial charge in [-0.15, -0.1) is 0 Å². The lowest BCUT2D eigenvalue weighted by atomic mass is 9.70. The third kappa shape index (κ3) is 5.51. The Labute approximate surface area is 265 Å². The molecule has 0 amide bonds. The molecule has 2 N–H and O–H groups in total. The molecule has 1 aromatic heterocycles. The summed E-state index contributed by atoms with van der Waals surface area (Å²) in [6, 6.07) is 12.0. The number of carbonyl (C=O) groups is 3. The summed E-state index contributed by atoms with van der Waals surface area (Å²) in [6.45, 7) is 5.49. The second-order valence-electron chi connectivity index (χ2n) is 11.4. The van der Waals surface area contributed by atoms with E-state index in [9.17, 15) is 23.9 Å². The van der Waals surface area contributed by atoms with Crippen molar-refractivity contribution in [3.63, 3.8) is 0 Å². The van der Waals surface area contributed by atoms with E-state index in [1.54, 1.807) is 48.3 Å². The van der Waals surface area contributed by atoms with Crippen LogP contribution in [0.15, 0.2) is 60.9 Å². The van der Waals surface area contributed by atoms with Gasteiger partial charge in [0.2, 0.25) is 0 Å². The van der Waals surface area contributed by atoms with E-state index in [1.165, 1.54) is 12.1 Å². The molecular weight excluding hydrogens is 593 g/mol. The lowest BCUT2D eigenvalue weighted by molar-refractivity contribution is -0.0138. The van der Waals surface area contributed by atoms with Crippen LogP contribution in [0.25, 0.3) is 22.3 Å². The summed E-state index contributed by atoms with van der Waals surface area (Å²) < 4.78 is 34.4. The maximum Gasteiger partial charge on any atom is 0.338 e. The number of rotatable bonds is 9. The van der Waals surface area contributed by atoms with Gasteiger partial charge >= 0.3 is 5.97 Å². The molecule has 1 atom stereocenters.